The van der Waals surface area contributed by atoms with Gasteiger partial charge in [-0.15, -0.1) is 0 Å². The summed E-state index contributed by atoms with van der Waals surface area (Å²) in [6.07, 6.45) is 4.14. The predicted molar refractivity (Wildman–Crippen MR) is 104 cm³/mol. The Bertz CT molecular complexity index is 851. The molecule has 1 N–H and O–H groups in total. The standard InChI is InChI=1S/C19H27N5O3/c1-3-24-16-15(8-4-9-20-16)22-17(19(24)26)23-11-5-7-14(13-23)18(25)21-10-6-12-27-2/h4,8-9,14H,3,5-7,10-13H2,1-2H3,(H,21,25). The molecule has 27 heavy (non-hydrogen) atoms. The van der Waals surface area contributed by atoms with Gasteiger partial charge in [-0.05, 0) is 38.3 Å². The summed E-state index contributed by atoms with van der Waals surface area (Å²) in [7, 11) is 1.65. The van der Waals surface area contributed by atoms with Crippen molar-refractivity contribution in [3.63, 3.8) is 0 Å². The Morgan fingerprint density at radius 3 is 3.07 bits per heavy atom. The van der Waals surface area contributed by atoms with E-state index in [4.69, 9.17) is 4.74 Å². The van der Waals surface area contributed by atoms with E-state index in [1.165, 1.54) is 0 Å². The number of methoxy groups -OCH3 is 1. The molecule has 8 nitrogen and oxygen atoms in total. The van der Waals surface area contributed by atoms with Gasteiger partial charge in [0, 0.05) is 46.1 Å². The first-order valence-electron chi connectivity index (χ1n) is 9.52. The van der Waals surface area contributed by atoms with Gasteiger partial charge >= 0.3 is 0 Å². The smallest absolute Gasteiger partial charge is 0.295 e. The summed E-state index contributed by atoms with van der Waals surface area (Å²) in [4.78, 5) is 36.2. The second-order valence-electron chi connectivity index (χ2n) is 6.75. The van der Waals surface area contributed by atoms with Gasteiger partial charge in [-0.1, -0.05) is 0 Å². The van der Waals surface area contributed by atoms with E-state index in [0.29, 0.717) is 43.2 Å². The molecule has 0 aromatic carbocycles. The predicted octanol–water partition coefficient (Wildman–Crippen LogP) is 1.18. The number of carbonyl (C=O) groups excluding carboxylic acids is 1. The Morgan fingerprint density at radius 1 is 1.44 bits per heavy atom. The second kappa shape index (κ2) is 8.94. The first-order chi connectivity index (χ1) is 13.2. The maximum absolute atomic E-state index is 12.9. The van der Waals surface area contributed by atoms with Crippen molar-refractivity contribution in [1.29, 1.82) is 0 Å². The van der Waals surface area contributed by atoms with E-state index in [1.807, 2.05) is 24.0 Å². The lowest BCUT2D eigenvalue weighted by Crippen LogP contribution is -2.45. The molecule has 0 radical (unpaired) electrons. The Morgan fingerprint density at radius 2 is 2.30 bits per heavy atom. The lowest BCUT2D eigenvalue weighted by Gasteiger charge is -2.32. The molecule has 1 fully saturated rings. The van der Waals surface area contributed by atoms with E-state index in [1.54, 1.807) is 17.9 Å². The zero-order chi connectivity index (χ0) is 19.2. The van der Waals surface area contributed by atoms with E-state index in [-0.39, 0.29) is 17.4 Å². The van der Waals surface area contributed by atoms with Crippen molar-refractivity contribution in [3.8, 4) is 0 Å². The first kappa shape index (κ1) is 19.3. The number of ether oxygens (including phenoxy) is 1. The third kappa shape index (κ3) is 4.27. The number of aryl methyl sites for hydroxylation is 1. The van der Waals surface area contributed by atoms with Gasteiger partial charge in [0.1, 0.15) is 5.52 Å². The minimum Gasteiger partial charge on any atom is -0.385 e. The van der Waals surface area contributed by atoms with Crippen molar-refractivity contribution in [3.05, 3.63) is 28.7 Å². The van der Waals surface area contributed by atoms with Crippen LogP contribution in [0.3, 0.4) is 0 Å². The van der Waals surface area contributed by atoms with Gasteiger partial charge in [0.2, 0.25) is 5.91 Å². The lowest BCUT2D eigenvalue weighted by molar-refractivity contribution is -0.125. The van der Waals surface area contributed by atoms with Crippen LogP contribution >= 0.6 is 0 Å². The highest BCUT2D eigenvalue weighted by atomic mass is 16.5. The van der Waals surface area contributed by atoms with Crippen molar-refractivity contribution in [1.82, 2.24) is 19.9 Å². The van der Waals surface area contributed by atoms with Crippen LogP contribution in [0.5, 0.6) is 0 Å². The molecule has 2 aromatic heterocycles. The average Bonchev–Trinajstić information content (AvgIpc) is 2.70. The van der Waals surface area contributed by atoms with Gasteiger partial charge < -0.3 is 15.0 Å². The van der Waals surface area contributed by atoms with E-state index in [9.17, 15) is 9.59 Å². The van der Waals surface area contributed by atoms with Crippen LogP contribution in [0, 0.1) is 5.92 Å². The molecule has 1 unspecified atom stereocenters. The number of amides is 1. The van der Waals surface area contributed by atoms with Gasteiger partial charge in [0.15, 0.2) is 11.5 Å². The summed E-state index contributed by atoms with van der Waals surface area (Å²) in [5, 5.41) is 2.97. The molecule has 1 amide bonds. The Kier molecular flexibility index (Phi) is 6.39. The molecule has 2 aromatic rings. The fraction of sp³-hybridized carbons (Fsp3) is 0.579. The van der Waals surface area contributed by atoms with Crippen LogP contribution in [0.2, 0.25) is 0 Å². The molecule has 1 aliphatic heterocycles. The average molecular weight is 373 g/mol. The molecule has 3 rings (SSSR count). The lowest BCUT2D eigenvalue weighted by atomic mass is 9.97. The van der Waals surface area contributed by atoms with Crippen molar-refractivity contribution in [2.45, 2.75) is 32.7 Å². The van der Waals surface area contributed by atoms with Gasteiger partial charge in [0.25, 0.3) is 5.56 Å². The molecule has 3 heterocycles. The van der Waals surface area contributed by atoms with Crippen molar-refractivity contribution in [2.24, 2.45) is 5.92 Å². The van der Waals surface area contributed by atoms with E-state index in [0.717, 1.165) is 25.8 Å². The van der Waals surface area contributed by atoms with Gasteiger partial charge in [0.05, 0.1) is 5.92 Å². The topological polar surface area (TPSA) is 89.4 Å². The third-order valence-electron chi connectivity index (χ3n) is 4.92. The number of hydrogen-bond donors (Lipinski definition) is 1. The number of carbonyl (C=O) groups is 1. The van der Waals surface area contributed by atoms with Gasteiger partial charge in [-0.2, -0.15) is 0 Å². The number of pyridine rings is 1. The molecule has 1 aliphatic rings. The minimum absolute atomic E-state index is 0.0362. The number of anilines is 1. The van der Waals surface area contributed by atoms with Crippen molar-refractivity contribution >= 4 is 22.9 Å². The highest BCUT2D eigenvalue weighted by molar-refractivity contribution is 5.79. The minimum atomic E-state index is -0.148. The maximum atomic E-state index is 12.9. The first-order valence-corrected chi connectivity index (χ1v) is 9.52. The summed E-state index contributed by atoms with van der Waals surface area (Å²) in [6, 6.07) is 3.68. The van der Waals surface area contributed by atoms with Crippen LogP contribution in [0.1, 0.15) is 26.2 Å². The van der Waals surface area contributed by atoms with Crippen LogP contribution in [0.15, 0.2) is 23.1 Å². The number of rotatable bonds is 7. The van der Waals surface area contributed by atoms with Crippen LogP contribution in [0.25, 0.3) is 11.2 Å². The highest BCUT2D eigenvalue weighted by Gasteiger charge is 2.28. The second-order valence-corrected chi connectivity index (χ2v) is 6.75. The summed E-state index contributed by atoms with van der Waals surface area (Å²) in [5.41, 5.74) is 1.14. The molecule has 8 heteroatoms. The summed E-state index contributed by atoms with van der Waals surface area (Å²) < 4.78 is 6.65. The largest absolute Gasteiger partial charge is 0.385 e. The summed E-state index contributed by atoms with van der Waals surface area (Å²) >= 11 is 0. The maximum Gasteiger partial charge on any atom is 0.295 e. The normalized spacial score (nSPS) is 17.3. The number of aromatic nitrogens is 3. The van der Waals surface area contributed by atoms with Crippen LogP contribution in [-0.4, -0.2) is 53.8 Å². The van der Waals surface area contributed by atoms with Crippen molar-refractivity contribution in [2.75, 3.05) is 38.3 Å². The van der Waals surface area contributed by atoms with Crippen molar-refractivity contribution < 1.29 is 9.53 Å². The molecule has 0 aliphatic carbocycles. The van der Waals surface area contributed by atoms with E-state index in [2.05, 4.69) is 15.3 Å². The highest BCUT2D eigenvalue weighted by Crippen LogP contribution is 2.21. The molecular formula is C19H27N5O3. The molecule has 0 saturated carbocycles. The fourth-order valence-corrected chi connectivity index (χ4v) is 3.52. The van der Waals surface area contributed by atoms with Gasteiger partial charge in [-0.3, -0.25) is 14.2 Å². The Balaban J connectivity index is 1.79. The van der Waals surface area contributed by atoms with Crippen LogP contribution < -0.4 is 15.8 Å². The molecular weight excluding hydrogens is 346 g/mol. The third-order valence-corrected chi connectivity index (χ3v) is 4.92. The number of hydrogen-bond acceptors (Lipinski definition) is 6. The number of nitrogens with zero attached hydrogens (tertiary/aromatic N) is 4. The molecule has 146 valence electrons. The zero-order valence-electron chi connectivity index (χ0n) is 16.0. The SMILES string of the molecule is CCn1c(=O)c(N2CCCC(C(=O)NCCCOC)C2)nc2cccnc21. The number of fused-ring (bicyclic) bond motifs is 1. The Hall–Kier alpha value is -2.48. The quantitative estimate of drug-likeness (QED) is 0.733. The summed E-state index contributed by atoms with van der Waals surface area (Å²) in [6.45, 7) is 4.91. The fourth-order valence-electron chi connectivity index (χ4n) is 3.52. The summed E-state index contributed by atoms with van der Waals surface area (Å²) in [5.74, 6) is 0.311. The molecule has 0 spiro atoms. The monoisotopic (exact) mass is 373 g/mol. The molecule has 0 bridgehead atoms. The van der Waals surface area contributed by atoms with Crippen LogP contribution in [-0.2, 0) is 16.1 Å². The zero-order valence-corrected chi connectivity index (χ0v) is 16.0. The number of piperidine rings is 1. The van der Waals surface area contributed by atoms with E-state index >= 15 is 0 Å². The molecule has 1 atom stereocenters. The number of nitrogens with one attached hydrogen (secondary N) is 1. The van der Waals surface area contributed by atoms with E-state index < -0.39 is 0 Å². The van der Waals surface area contributed by atoms with Gasteiger partial charge in [-0.25, -0.2) is 9.97 Å². The molecule has 1 saturated heterocycles. The van der Waals surface area contributed by atoms with Crippen LogP contribution in [0.4, 0.5) is 5.82 Å². The Labute approximate surface area is 158 Å².